The second-order valence-corrected chi connectivity index (χ2v) is 5.41. The van der Waals surface area contributed by atoms with Crippen LogP contribution in [-0.4, -0.2) is 0 Å². The van der Waals surface area contributed by atoms with E-state index in [1.807, 2.05) is 24.3 Å². The van der Waals surface area contributed by atoms with Crippen LogP contribution < -0.4 is 11.1 Å². The highest BCUT2D eigenvalue weighted by atomic mass is 14.8. The Hall–Kier alpha value is -2.58. The van der Waals surface area contributed by atoms with Gasteiger partial charge < -0.3 is 11.1 Å². The lowest BCUT2D eigenvalue weighted by Gasteiger charge is -2.07. The molecule has 0 fully saturated rings. The normalized spacial score (nSPS) is 10.5. The molecule has 0 spiro atoms. The van der Waals surface area contributed by atoms with Gasteiger partial charge in [0.15, 0.2) is 0 Å². The van der Waals surface area contributed by atoms with Gasteiger partial charge >= 0.3 is 0 Å². The van der Waals surface area contributed by atoms with Crippen molar-refractivity contribution >= 4 is 5.69 Å². The minimum Gasteiger partial charge on any atom is -0.399 e. The standard InChI is InChI=1S/C20H20N2/c21-20-8-4-5-17(13-20)15-22-14-16-9-11-19(12-10-16)18-6-2-1-3-7-18/h1-13,22H,14-15,21H2. The smallest absolute Gasteiger partial charge is 0.0317 e. The van der Waals surface area contributed by atoms with E-state index in [-0.39, 0.29) is 0 Å². The average molecular weight is 288 g/mol. The summed E-state index contributed by atoms with van der Waals surface area (Å²) in [6.07, 6.45) is 0. The summed E-state index contributed by atoms with van der Waals surface area (Å²) in [7, 11) is 0. The molecule has 0 radical (unpaired) electrons. The van der Waals surface area contributed by atoms with Gasteiger partial charge in [-0.1, -0.05) is 66.7 Å². The Morgan fingerprint density at radius 3 is 2.05 bits per heavy atom. The van der Waals surface area contributed by atoms with Crippen molar-refractivity contribution in [3.05, 3.63) is 90.0 Å². The third kappa shape index (κ3) is 3.74. The monoisotopic (exact) mass is 288 g/mol. The lowest BCUT2D eigenvalue weighted by Crippen LogP contribution is -2.12. The summed E-state index contributed by atoms with van der Waals surface area (Å²) in [5.41, 5.74) is 11.6. The second kappa shape index (κ2) is 6.92. The number of nitrogen functional groups attached to an aromatic ring is 1. The van der Waals surface area contributed by atoms with Crippen LogP contribution in [0.25, 0.3) is 11.1 Å². The fraction of sp³-hybridized carbons (Fsp3) is 0.100. The summed E-state index contributed by atoms with van der Waals surface area (Å²) in [5, 5.41) is 3.45. The third-order valence-corrected chi connectivity index (χ3v) is 3.67. The topological polar surface area (TPSA) is 38.0 Å². The van der Waals surface area contributed by atoms with E-state index in [9.17, 15) is 0 Å². The summed E-state index contributed by atoms with van der Waals surface area (Å²) in [6.45, 7) is 1.68. The number of rotatable bonds is 5. The van der Waals surface area contributed by atoms with Gasteiger partial charge in [0.05, 0.1) is 0 Å². The SMILES string of the molecule is Nc1cccc(CNCc2ccc(-c3ccccc3)cc2)c1. The van der Waals surface area contributed by atoms with Gasteiger partial charge in [0, 0.05) is 18.8 Å². The average Bonchev–Trinajstić information content (AvgIpc) is 2.56. The molecule has 3 rings (SSSR count). The molecule has 0 heterocycles. The molecule has 0 amide bonds. The fourth-order valence-electron chi connectivity index (χ4n) is 2.50. The molecular weight excluding hydrogens is 268 g/mol. The first-order chi connectivity index (χ1) is 10.8. The molecule has 0 saturated carbocycles. The highest BCUT2D eigenvalue weighted by molar-refractivity contribution is 5.63. The number of benzene rings is 3. The van der Waals surface area contributed by atoms with Gasteiger partial charge in [-0.3, -0.25) is 0 Å². The Balaban J connectivity index is 1.57. The van der Waals surface area contributed by atoms with Gasteiger partial charge in [-0.15, -0.1) is 0 Å². The van der Waals surface area contributed by atoms with E-state index in [1.165, 1.54) is 22.3 Å². The maximum atomic E-state index is 5.79. The van der Waals surface area contributed by atoms with Crippen molar-refractivity contribution in [2.45, 2.75) is 13.1 Å². The first kappa shape index (κ1) is 14.4. The van der Waals surface area contributed by atoms with E-state index >= 15 is 0 Å². The van der Waals surface area contributed by atoms with Crippen molar-refractivity contribution in [1.82, 2.24) is 5.32 Å². The van der Waals surface area contributed by atoms with E-state index < -0.39 is 0 Å². The Kier molecular flexibility index (Phi) is 4.52. The van der Waals surface area contributed by atoms with Crippen LogP contribution in [0.2, 0.25) is 0 Å². The molecule has 0 aliphatic carbocycles. The maximum Gasteiger partial charge on any atom is 0.0317 e. The molecule has 3 N–H and O–H groups in total. The molecule has 0 aromatic heterocycles. The highest BCUT2D eigenvalue weighted by Crippen LogP contribution is 2.19. The van der Waals surface area contributed by atoms with Crippen molar-refractivity contribution < 1.29 is 0 Å². The molecule has 0 saturated heterocycles. The van der Waals surface area contributed by atoms with E-state index in [0.29, 0.717) is 0 Å². The fourth-order valence-corrected chi connectivity index (χ4v) is 2.50. The van der Waals surface area contributed by atoms with Crippen LogP contribution >= 0.6 is 0 Å². The Bertz CT molecular complexity index is 718. The van der Waals surface area contributed by atoms with Crippen molar-refractivity contribution in [3.63, 3.8) is 0 Å². The van der Waals surface area contributed by atoms with Gasteiger partial charge in [0.25, 0.3) is 0 Å². The van der Waals surface area contributed by atoms with Gasteiger partial charge in [-0.05, 0) is 34.4 Å². The quantitative estimate of drug-likeness (QED) is 0.690. The number of nitrogens with two attached hydrogens (primary N) is 1. The number of hydrogen-bond acceptors (Lipinski definition) is 2. The molecule has 0 bridgehead atoms. The van der Waals surface area contributed by atoms with Gasteiger partial charge in [0.1, 0.15) is 0 Å². The Labute approximate surface area is 131 Å². The number of hydrogen-bond donors (Lipinski definition) is 2. The highest BCUT2D eigenvalue weighted by Gasteiger charge is 1.98. The first-order valence-corrected chi connectivity index (χ1v) is 7.51. The molecule has 22 heavy (non-hydrogen) atoms. The second-order valence-electron chi connectivity index (χ2n) is 5.41. The van der Waals surface area contributed by atoms with Crippen LogP contribution in [0.5, 0.6) is 0 Å². The Morgan fingerprint density at radius 1 is 0.636 bits per heavy atom. The Morgan fingerprint density at radius 2 is 1.32 bits per heavy atom. The van der Waals surface area contributed by atoms with Crippen molar-refractivity contribution in [2.75, 3.05) is 5.73 Å². The largest absolute Gasteiger partial charge is 0.399 e. The lowest BCUT2D eigenvalue weighted by atomic mass is 10.0. The van der Waals surface area contributed by atoms with Gasteiger partial charge in [0.2, 0.25) is 0 Å². The van der Waals surface area contributed by atoms with Crippen molar-refractivity contribution in [1.29, 1.82) is 0 Å². The van der Waals surface area contributed by atoms with E-state index in [4.69, 9.17) is 5.73 Å². The molecule has 3 aromatic rings. The van der Waals surface area contributed by atoms with Crippen LogP contribution in [0, 0.1) is 0 Å². The summed E-state index contributed by atoms with van der Waals surface area (Å²) >= 11 is 0. The zero-order chi connectivity index (χ0) is 15.2. The molecule has 0 unspecified atom stereocenters. The first-order valence-electron chi connectivity index (χ1n) is 7.51. The van der Waals surface area contributed by atoms with E-state index in [2.05, 4.69) is 59.9 Å². The van der Waals surface area contributed by atoms with Crippen molar-refractivity contribution in [3.8, 4) is 11.1 Å². The number of nitrogens with one attached hydrogen (secondary N) is 1. The van der Waals surface area contributed by atoms with Crippen LogP contribution in [0.4, 0.5) is 5.69 Å². The minimum atomic E-state index is 0.812. The zero-order valence-corrected chi connectivity index (χ0v) is 12.5. The lowest BCUT2D eigenvalue weighted by molar-refractivity contribution is 0.693. The van der Waals surface area contributed by atoms with Crippen LogP contribution in [0.3, 0.4) is 0 Å². The predicted molar refractivity (Wildman–Crippen MR) is 93.3 cm³/mol. The van der Waals surface area contributed by atoms with Crippen LogP contribution in [-0.2, 0) is 13.1 Å². The summed E-state index contributed by atoms with van der Waals surface area (Å²) in [5.74, 6) is 0. The summed E-state index contributed by atoms with van der Waals surface area (Å²) in [6, 6.07) is 27.1. The van der Waals surface area contributed by atoms with Crippen LogP contribution in [0.1, 0.15) is 11.1 Å². The third-order valence-electron chi connectivity index (χ3n) is 3.67. The predicted octanol–water partition coefficient (Wildman–Crippen LogP) is 4.23. The van der Waals surface area contributed by atoms with Crippen LogP contribution in [0.15, 0.2) is 78.9 Å². The minimum absolute atomic E-state index is 0.812. The molecule has 2 heteroatoms. The van der Waals surface area contributed by atoms with Gasteiger partial charge in [-0.2, -0.15) is 0 Å². The van der Waals surface area contributed by atoms with E-state index in [0.717, 1.165) is 18.8 Å². The number of anilines is 1. The van der Waals surface area contributed by atoms with Crippen molar-refractivity contribution in [2.24, 2.45) is 0 Å². The molecular formula is C20H20N2. The van der Waals surface area contributed by atoms with Gasteiger partial charge in [-0.25, -0.2) is 0 Å². The molecule has 0 atom stereocenters. The van der Waals surface area contributed by atoms with E-state index in [1.54, 1.807) is 0 Å². The molecule has 0 aliphatic heterocycles. The molecule has 2 nitrogen and oxygen atoms in total. The molecule has 0 aliphatic rings. The summed E-state index contributed by atoms with van der Waals surface area (Å²) in [4.78, 5) is 0. The maximum absolute atomic E-state index is 5.79. The zero-order valence-electron chi connectivity index (χ0n) is 12.5. The molecule has 110 valence electrons. The molecule has 3 aromatic carbocycles. The summed E-state index contributed by atoms with van der Waals surface area (Å²) < 4.78 is 0.